The van der Waals surface area contributed by atoms with E-state index in [0.717, 1.165) is 24.9 Å². The number of ether oxygens (including phenoxy) is 2. The summed E-state index contributed by atoms with van der Waals surface area (Å²) in [6, 6.07) is 5.48. The lowest BCUT2D eigenvalue weighted by molar-refractivity contribution is -0.133. The van der Waals surface area contributed by atoms with Gasteiger partial charge in [-0.05, 0) is 30.5 Å². The molecule has 1 aliphatic heterocycles. The highest BCUT2D eigenvalue weighted by Gasteiger charge is 2.22. The lowest BCUT2D eigenvalue weighted by Gasteiger charge is -2.30. The molecule has 1 aromatic carbocycles. The van der Waals surface area contributed by atoms with Crippen LogP contribution in [-0.2, 0) is 11.2 Å². The second kappa shape index (κ2) is 6.61. The van der Waals surface area contributed by atoms with Crippen molar-refractivity contribution in [2.75, 3.05) is 27.3 Å². The zero-order valence-corrected chi connectivity index (χ0v) is 12.0. The first-order valence-corrected chi connectivity index (χ1v) is 6.80. The smallest absolute Gasteiger partial charge is 0.227 e. The van der Waals surface area contributed by atoms with Crippen molar-refractivity contribution in [3.63, 3.8) is 0 Å². The fraction of sp³-hybridized carbons (Fsp3) is 0.533. The average molecular weight is 279 g/mol. The van der Waals surface area contributed by atoms with E-state index < -0.39 is 6.10 Å². The van der Waals surface area contributed by atoms with E-state index in [1.54, 1.807) is 25.2 Å². The molecule has 0 aliphatic carbocycles. The average Bonchev–Trinajstić information content (AvgIpc) is 2.47. The Morgan fingerprint density at radius 2 is 2.10 bits per heavy atom. The highest BCUT2D eigenvalue weighted by atomic mass is 16.5. The van der Waals surface area contributed by atoms with Gasteiger partial charge in [0.25, 0.3) is 0 Å². The van der Waals surface area contributed by atoms with Crippen molar-refractivity contribution in [2.45, 2.75) is 25.4 Å². The third kappa shape index (κ3) is 3.42. The van der Waals surface area contributed by atoms with E-state index in [2.05, 4.69) is 0 Å². The van der Waals surface area contributed by atoms with Crippen LogP contribution in [-0.4, -0.2) is 49.3 Å². The van der Waals surface area contributed by atoms with Crippen molar-refractivity contribution in [3.8, 4) is 11.5 Å². The van der Waals surface area contributed by atoms with Gasteiger partial charge in [0.2, 0.25) is 5.91 Å². The summed E-state index contributed by atoms with van der Waals surface area (Å²) in [5.74, 6) is 1.31. The highest BCUT2D eigenvalue weighted by Crippen LogP contribution is 2.28. The number of hydrogen-bond donors (Lipinski definition) is 1. The van der Waals surface area contributed by atoms with Gasteiger partial charge in [-0.3, -0.25) is 4.79 Å². The number of carbonyl (C=O) groups is 1. The van der Waals surface area contributed by atoms with Crippen LogP contribution in [0.1, 0.15) is 18.4 Å². The van der Waals surface area contributed by atoms with Gasteiger partial charge in [-0.2, -0.15) is 0 Å². The Balaban J connectivity index is 2.03. The molecule has 0 spiro atoms. The number of methoxy groups -OCH3 is 2. The number of nitrogens with zero attached hydrogens (tertiary/aromatic N) is 1. The summed E-state index contributed by atoms with van der Waals surface area (Å²) in [5.41, 5.74) is 0.882. The third-order valence-corrected chi connectivity index (χ3v) is 3.55. The van der Waals surface area contributed by atoms with Crippen molar-refractivity contribution in [3.05, 3.63) is 23.8 Å². The van der Waals surface area contributed by atoms with Crippen LogP contribution in [0.15, 0.2) is 18.2 Å². The fourth-order valence-electron chi connectivity index (χ4n) is 2.46. The quantitative estimate of drug-likeness (QED) is 0.900. The Labute approximate surface area is 119 Å². The Bertz CT molecular complexity index is 475. The van der Waals surface area contributed by atoms with Gasteiger partial charge in [-0.1, -0.05) is 6.07 Å². The Morgan fingerprint density at radius 1 is 1.35 bits per heavy atom. The second-order valence-electron chi connectivity index (χ2n) is 5.00. The summed E-state index contributed by atoms with van der Waals surface area (Å²) < 4.78 is 10.4. The molecule has 1 atom stereocenters. The minimum Gasteiger partial charge on any atom is -0.493 e. The number of piperidine rings is 1. The van der Waals surface area contributed by atoms with Crippen LogP contribution in [0.2, 0.25) is 0 Å². The van der Waals surface area contributed by atoms with Crippen molar-refractivity contribution in [1.82, 2.24) is 4.90 Å². The molecule has 0 aromatic heterocycles. The molecule has 1 unspecified atom stereocenters. The monoisotopic (exact) mass is 279 g/mol. The van der Waals surface area contributed by atoms with Crippen LogP contribution >= 0.6 is 0 Å². The van der Waals surface area contributed by atoms with Crippen LogP contribution in [0.4, 0.5) is 0 Å². The van der Waals surface area contributed by atoms with Gasteiger partial charge in [0.1, 0.15) is 0 Å². The molecule has 1 aliphatic rings. The first kappa shape index (κ1) is 14.7. The van der Waals surface area contributed by atoms with Crippen molar-refractivity contribution < 1.29 is 19.4 Å². The number of amides is 1. The summed E-state index contributed by atoms with van der Waals surface area (Å²) >= 11 is 0. The number of aliphatic hydroxyl groups excluding tert-OH is 1. The van der Waals surface area contributed by atoms with Crippen molar-refractivity contribution in [2.24, 2.45) is 0 Å². The molecular weight excluding hydrogens is 258 g/mol. The highest BCUT2D eigenvalue weighted by molar-refractivity contribution is 5.79. The largest absolute Gasteiger partial charge is 0.493 e. The zero-order chi connectivity index (χ0) is 14.5. The number of rotatable bonds is 4. The number of likely N-dealkylation sites (tertiary alicyclic amines) is 1. The van der Waals surface area contributed by atoms with Crippen LogP contribution in [0.3, 0.4) is 0 Å². The number of aliphatic hydroxyl groups is 1. The van der Waals surface area contributed by atoms with Gasteiger partial charge in [0.15, 0.2) is 11.5 Å². The fourth-order valence-corrected chi connectivity index (χ4v) is 2.46. The molecular formula is C15H21NO4. The van der Waals surface area contributed by atoms with Crippen molar-refractivity contribution in [1.29, 1.82) is 0 Å². The molecule has 0 radical (unpaired) electrons. The van der Waals surface area contributed by atoms with Crippen molar-refractivity contribution >= 4 is 5.91 Å². The second-order valence-corrected chi connectivity index (χ2v) is 5.00. The molecule has 5 nitrogen and oxygen atoms in total. The lowest BCUT2D eigenvalue weighted by Crippen LogP contribution is -2.42. The summed E-state index contributed by atoms with van der Waals surface area (Å²) in [5, 5.41) is 9.61. The van der Waals surface area contributed by atoms with Gasteiger partial charge in [-0.25, -0.2) is 0 Å². The molecule has 2 rings (SSSR count). The molecule has 110 valence electrons. The Morgan fingerprint density at radius 3 is 2.75 bits per heavy atom. The molecule has 1 N–H and O–H groups in total. The summed E-state index contributed by atoms with van der Waals surface area (Å²) in [6.45, 7) is 1.16. The minimum atomic E-state index is -0.391. The Kier molecular flexibility index (Phi) is 4.84. The molecule has 1 fully saturated rings. The first-order valence-electron chi connectivity index (χ1n) is 6.80. The summed E-state index contributed by atoms with van der Waals surface area (Å²) in [7, 11) is 3.16. The number of carbonyl (C=O) groups excluding carboxylic acids is 1. The number of hydrogen-bond acceptors (Lipinski definition) is 4. The molecule has 1 heterocycles. The van der Waals surface area contributed by atoms with E-state index in [0.29, 0.717) is 24.5 Å². The summed E-state index contributed by atoms with van der Waals surface area (Å²) in [4.78, 5) is 13.9. The topological polar surface area (TPSA) is 59.0 Å². The molecule has 0 saturated carbocycles. The van der Waals surface area contributed by atoms with Crippen LogP contribution < -0.4 is 9.47 Å². The molecule has 0 bridgehead atoms. The first-order chi connectivity index (χ1) is 9.63. The standard InChI is InChI=1S/C15H21NO4/c1-19-13-6-5-11(8-14(13)20-2)9-15(18)16-7-3-4-12(17)10-16/h5-6,8,12,17H,3-4,7,9-10H2,1-2H3. The van der Waals surface area contributed by atoms with E-state index in [9.17, 15) is 9.90 Å². The van der Waals surface area contributed by atoms with Crippen LogP contribution in [0.5, 0.6) is 11.5 Å². The SMILES string of the molecule is COc1ccc(CC(=O)N2CCCC(O)C2)cc1OC. The minimum absolute atomic E-state index is 0.0379. The van der Waals surface area contributed by atoms with Crippen LogP contribution in [0, 0.1) is 0 Å². The maximum absolute atomic E-state index is 12.2. The lowest BCUT2D eigenvalue weighted by atomic mass is 10.1. The number of β-amino-alcohol motifs (C(OH)–C–C–N with tert-alkyl or cyclic N) is 1. The molecule has 1 saturated heterocycles. The van der Waals surface area contributed by atoms with E-state index in [1.165, 1.54) is 0 Å². The van der Waals surface area contributed by atoms with Gasteiger partial charge in [0, 0.05) is 13.1 Å². The van der Waals surface area contributed by atoms with Gasteiger partial charge >= 0.3 is 0 Å². The normalized spacial score (nSPS) is 18.8. The van der Waals surface area contributed by atoms with E-state index in [-0.39, 0.29) is 5.91 Å². The van der Waals surface area contributed by atoms with Gasteiger partial charge in [-0.15, -0.1) is 0 Å². The maximum atomic E-state index is 12.2. The number of benzene rings is 1. The molecule has 20 heavy (non-hydrogen) atoms. The molecule has 5 heteroatoms. The predicted molar refractivity (Wildman–Crippen MR) is 75.1 cm³/mol. The zero-order valence-electron chi connectivity index (χ0n) is 12.0. The van der Waals surface area contributed by atoms with E-state index >= 15 is 0 Å². The molecule has 1 aromatic rings. The molecule has 1 amide bonds. The van der Waals surface area contributed by atoms with Crippen LogP contribution in [0.25, 0.3) is 0 Å². The van der Waals surface area contributed by atoms with E-state index in [1.807, 2.05) is 12.1 Å². The van der Waals surface area contributed by atoms with E-state index in [4.69, 9.17) is 9.47 Å². The summed E-state index contributed by atoms with van der Waals surface area (Å²) in [6.07, 6.45) is 1.56. The third-order valence-electron chi connectivity index (χ3n) is 3.55. The van der Waals surface area contributed by atoms with Gasteiger partial charge < -0.3 is 19.5 Å². The Hall–Kier alpha value is -1.75. The maximum Gasteiger partial charge on any atom is 0.227 e. The van der Waals surface area contributed by atoms with Gasteiger partial charge in [0.05, 0.1) is 26.7 Å². The predicted octanol–water partition coefficient (Wildman–Crippen LogP) is 1.23.